The first-order chi connectivity index (χ1) is 12.2. The predicted molar refractivity (Wildman–Crippen MR) is 92.0 cm³/mol. The molecule has 0 saturated heterocycles. The molecule has 1 aliphatic carbocycles. The lowest BCUT2D eigenvalue weighted by atomic mass is 10.0. The number of hydrogen-bond acceptors (Lipinski definition) is 4. The molecule has 1 aliphatic rings. The van der Waals surface area contributed by atoms with Crippen LogP contribution in [0.1, 0.15) is 30.0 Å². The van der Waals surface area contributed by atoms with Crippen molar-refractivity contribution in [1.82, 2.24) is 15.2 Å². The van der Waals surface area contributed by atoms with Gasteiger partial charge in [0.25, 0.3) is 0 Å². The van der Waals surface area contributed by atoms with E-state index in [1.165, 1.54) is 12.1 Å². The van der Waals surface area contributed by atoms with Gasteiger partial charge in [0.15, 0.2) is 0 Å². The van der Waals surface area contributed by atoms with E-state index in [0.717, 1.165) is 18.4 Å². The Kier molecular flexibility index (Phi) is 5.73. The smallest absolute Gasteiger partial charge is 0.242 e. The van der Waals surface area contributed by atoms with Gasteiger partial charge in [-0.05, 0) is 42.2 Å². The predicted octanol–water partition coefficient (Wildman–Crippen LogP) is 2.03. The number of nitrogens with one attached hydrogen (secondary N) is 1. The molecule has 2 aromatic rings. The second-order valence-corrected chi connectivity index (χ2v) is 6.29. The molecule has 1 amide bonds. The molecule has 5 nitrogen and oxygen atoms in total. The number of aromatic nitrogens is 1. The van der Waals surface area contributed by atoms with Gasteiger partial charge in [0.2, 0.25) is 5.91 Å². The zero-order valence-electron chi connectivity index (χ0n) is 13.9. The summed E-state index contributed by atoms with van der Waals surface area (Å²) in [5, 5.41) is 12.5. The summed E-state index contributed by atoms with van der Waals surface area (Å²) in [6, 6.07) is 9.36. The zero-order valence-corrected chi connectivity index (χ0v) is 13.9. The van der Waals surface area contributed by atoms with Crippen LogP contribution in [0.5, 0.6) is 0 Å². The Morgan fingerprint density at radius 1 is 1.32 bits per heavy atom. The second-order valence-electron chi connectivity index (χ2n) is 6.29. The summed E-state index contributed by atoms with van der Waals surface area (Å²) in [5.74, 6) is -0.461. The van der Waals surface area contributed by atoms with Crippen molar-refractivity contribution in [3.05, 3.63) is 65.7 Å². The van der Waals surface area contributed by atoms with Crippen LogP contribution < -0.4 is 5.32 Å². The summed E-state index contributed by atoms with van der Waals surface area (Å²) in [7, 11) is 0. The average Bonchev–Trinajstić information content (AvgIpc) is 3.42. The normalized spacial score (nSPS) is 15.2. The average molecular weight is 343 g/mol. The Labute approximate surface area is 146 Å². The molecule has 1 heterocycles. The van der Waals surface area contributed by atoms with Crippen LogP contribution in [0.15, 0.2) is 48.8 Å². The van der Waals surface area contributed by atoms with E-state index in [2.05, 4.69) is 10.3 Å². The second kappa shape index (κ2) is 8.18. The van der Waals surface area contributed by atoms with Gasteiger partial charge < -0.3 is 10.4 Å². The Morgan fingerprint density at radius 2 is 2.08 bits per heavy atom. The zero-order chi connectivity index (χ0) is 17.6. The molecule has 2 N–H and O–H groups in total. The fourth-order valence-corrected chi connectivity index (χ4v) is 2.83. The highest BCUT2D eigenvalue weighted by Crippen LogP contribution is 2.26. The highest BCUT2D eigenvalue weighted by molar-refractivity contribution is 5.83. The topological polar surface area (TPSA) is 65.5 Å². The molecule has 3 rings (SSSR count). The lowest BCUT2D eigenvalue weighted by Gasteiger charge is -2.30. The van der Waals surface area contributed by atoms with Crippen molar-refractivity contribution >= 4 is 5.91 Å². The maximum absolute atomic E-state index is 13.3. The number of nitrogens with zero attached hydrogens (tertiary/aromatic N) is 2. The minimum atomic E-state index is -0.589. The molecule has 0 radical (unpaired) electrons. The molecule has 1 aromatic carbocycles. The summed E-state index contributed by atoms with van der Waals surface area (Å²) < 4.78 is 13.3. The highest BCUT2D eigenvalue weighted by atomic mass is 19.1. The van der Waals surface area contributed by atoms with Crippen LogP contribution in [0.4, 0.5) is 4.39 Å². The molecule has 0 bridgehead atoms. The van der Waals surface area contributed by atoms with Crippen LogP contribution >= 0.6 is 0 Å². The number of benzene rings is 1. The van der Waals surface area contributed by atoms with Gasteiger partial charge in [0.05, 0.1) is 6.61 Å². The van der Waals surface area contributed by atoms with Crippen molar-refractivity contribution < 1.29 is 14.3 Å². The third-order valence-electron chi connectivity index (χ3n) is 4.22. The highest BCUT2D eigenvalue weighted by Gasteiger charge is 2.32. The van der Waals surface area contributed by atoms with E-state index in [9.17, 15) is 14.3 Å². The van der Waals surface area contributed by atoms with Crippen molar-refractivity contribution in [3.63, 3.8) is 0 Å². The van der Waals surface area contributed by atoms with Crippen molar-refractivity contribution in [1.29, 1.82) is 0 Å². The fraction of sp³-hybridized carbons (Fsp3) is 0.368. The summed E-state index contributed by atoms with van der Waals surface area (Å²) in [4.78, 5) is 18.8. The molecular formula is C19H22FN3O2. The maximum Gasteiger partial charge on any atom is 0.242 e. The van der Waals surface area contributed by atoms with Gasteiger partial charge in [-0.3, -0.25) is 14.7 Å². The van der Waals surface area contributed by atoms with E-state index in [-0.39, 0.29) is 24.4 Å². The number of amides is 1. The van der Waals surface area contributed by atoms with Gasteiger partial charge in [0, 0.05) is 31.5 Å². The minimum absolute atomic E-state index is 0.0747. The van der Waals surface area contributed by atoms with Gasteiger partial charge in [0.1, 0.15) is 11.9 Å². The fourth-order valence-electron chi connectivity index (χ4n) is 2.83. The van der Waals surface area contributed by atoms with E-state index < -0.39 is 6.04 Å². The number of hydrogen-bond donors (Lipinski definition) is 2. The molecule has 1 atom stereocenters. The number of aliphatic hydroxyl groups is 1. The lowest BCUT2D eigenvalue weighted by molar-refractivity contribution is -0.127. The van der Waals surface area contributed by atoms with Crippen molar-refractivity contribution in [2.75, 3.05) is 13.2 Å². The van der Waals surface area contributed by atoms with Crippen molar-refractivity contribution in [2.24, 2.45) is 0 Å². The number of rotatable bonds is 8. The Morgan fingerprint density at radius 3 is 2.68 bits per heavy atom. The number of carbonyl (C=O) groups excluding carboxylic acids is 1. The maximum atomic E-state index is 13.3. The quantitative estimate of drug-likeness (QED) is 0.770. The van der Waals surface area contributed by atoms with Gasteiger partial charge in [-0.25, -0.2) is 4.39 Å². The molecule has 25 heavy (non-hydrogen) atoms. The van der Waals surface area contributed by atoms with Crippen LogP contribution in [-0.2, 0) is 11.3 Å². The SMILES string of the molecule is O=C(NC1CC1)C(c1ccc(F)cc1)N(CCO)Cc1cccnc1. The molecule has 1 saturated carbocycles. The molecule has 132 valence electrons. The van der Waals surface area contributed by atoms with Gasteiger partial charge >= 0.3 is 0 Å². The van der Waals surface area contributed by atoms with Crippen molar-refractivity contribution in [3.8, 4) is 0 Å². The molecule has 0 aliphatic heterocycles. The molecule has 1 aromatic heterocycles. The summed E-state index contributed by atoms with van der Waals surface area (Å²) in [6.07, 6.45) is 5.41. The Bertz CT molecular complexity index is 690. The first-order valence-corrected chi connectivity index (χ1v) is 8.47. The van der Waals surface area contributed by atoms with Gasteiger partial charge in [-0.2, -0.15) is 0 Å². The minimum Gasteiger partial charge on any atom is -0.395 e. The van der Waals surface area contributed by atoms with Gasteiger partial charge in [-0.1, -0.05) is 18.2 Å². The summed E-state index contributed by atoms with van der Waals surface area (Å²) in [5.41, 5.74) is 1.65. The first-order valence-electron chi connectivity index (χ1n) is 8.47. The monoisotopic (exact) mass is 343 g/mol. The van der Waals surface area contributed by atoms with Crippen molar-refractivity contribution in [2.45, 2.75) is 31.5 Å². The van der Waals surface area contributed by atoms with Crippen LogP contribution in [0.2, 0.25) is 0 Å². The molecule has 6 heteroatoms. The largest absolute Gasteiger partial charge is 0.395 e. The number of aliphatic hydroxyl groups excluding tert-OH is 1. The molecular weight excluding hydrogens is 321 g/mol. The van der Waals surface area contributed by atoms with Crippen LogP contribution in [-0.4, -0.2) is 40.1 Å². The lowest BCUT2D eigenvalue weighted by Crippen LogP contribution is -2.42. The third-order valence-corrected chi connectivity index (χ3v) is 4.22. The van der Waals surface area contributed by atoms with Crippen LogP contribution in [0, 0.1) is 5.82 Å². The first kappa shape index (κ1) is 17.5. The molecule has 0 spiro atoms. The third kappa shape index (κ3) is 4.84. The molecule has 1 fully saturated rings. The van der Waals surface area contributed by atoms with Crippen LogP contribution in [0.3, 0.4) is 0 Å². The Hall–Kier alpha value is -2.31. The standard InChI is InChI=1S/C19H22FN3O2/c20-16-5-3-15(4-6-16)18(19(25)22-17-7-8-17)23(10-11-24)13-14-2-1-9-21-12-14/h1-6,9,12,17-18,24H,7-8,10-11,13H2,(H,22,25). The van der Waals surface area contributed by atoms with E-state index in [1.54, 1.807) is 24.5 Å². The summed E-state index contributed by atoms with van der Waals surface area (Å²) >= 11 is 0. The van der Waals surface area contributed by atoms with E-state index in [0.29, 0.717) is 18.7 Å². The van der Waals surface area contributed by atoms with E-state index in [4.69, 9.17) is 0 Å². The van der Waals surface area contributed by atoms with E-state index in [1.807, 2.05) is 17.0 Å². The number of pyridine rings is 1. The van der Waals surface area contributed by atoms with Crippen LogP contribution in [0.25, 0.3) is 0 Å². The Balaban J connectivity index is 1.87. The summed E-state index contributed by atoms with van der Waals surface area (Å²) in [6.45, 7) is 0.720. The number of carbonyl (C=O) groups is 1. The van der Waals surface area contributed by atoms with Gasteiger partial charge in [-0.15, -0.1) is 0 Å². The van der Waals surface area contributed by atoms with E-state index >= 15 is 0 Å². The molecule has 1 unspecified atom stereocenters. The number of halogens is 1.